The standard InChI is InChI=1S/C9H20N2S/c1-3-12-7-8(2)11-5-4-9(10)6-11/h8-9H,3-7,10H2,1-2H3. The van der Waals surface area contributed by atoms with Crippen LogP contribution in [0.15, 0.2) is 0 Å². The number of hydrogen-bond donors (Lipinski definition) is 1. The third-order valence-corrected chi connectivity index (χ3v) is 3.57. The Morgan fingerprint density at radius 1 is 1.67 bits per heavy atom. The van der Waals surface area contributed by atoms with Crippen molar-refractivity contribution in [2.24, 2.45) is 5.73 Å². The number of rotatable bonds is 4. The van der Waals surface area contributed by atoms with Crippen molar-refractivity contribution in [3.63, 3.8) is 0 Å². The van der Waals surface area contributed by atoms with Gasteiger partial charge in [0.25, 0.3) is 0 Å². The van der Waals surface area contributed by atoms with Crippen LogP contribution < -0.4 is 5.73 Å². The van der Waals surface area contributed by atoms with E-state index in [0.717, 1.165) is 6.54 Å². The van der Waals surface area contributed by atoms with Crippen molar-refractivity contribution in [1.29, 1.82) is 0 Å². The molecule has 0 amide bonds. The lowest BCUT2D eigenvalue weighted by molar-refractivity contribution is 0.276. The molecule has 2 unspecified atom stereocenters. The van der Waals surface area contributed by atoms with Gasteiger partial charge in [-0.2, -0.15) is 11.8 Å². The van der Waals surface area contributed by atoms with E-state index >= 15 is 0 Å². The Hall–Kier alpha value is 0.270. The molecule has 0 aromatic carbocycles. The third-order valence-electron chi connectivity index (χ3n) is 2.44. The first-order chi connectivity index (χ1) is 5.74. The molecule has 1 heterocycles. The summed E-state index contributed by atoms with van der Waals surface area (Å²) in [6, 6.07) is 1.14. The van der Waals surface area contributed by atoms with Gasteiger partial charge < -0.3 is 5.73 Å². The molecule has 1 saturated heterocycles. The van der Waals surface area contributed by atoms with Crippen molar-refractivity contribution in [3.05, 3.63) is 0 Å². The number of likely N-dealkylation sites (tertiary alicyclic amines) is 1. The minimum absolute atomic E-state index is 0.430. The maximum atomic E-state index is 5.84. The molecular weight excluding hydrogens is 168 g/mol. The zero-order chi connectivity index (χ0) is 8.97. The second-order valence-corrected chi connectivity index (χ2v) is 4.87. The van der Waals surface area contributed by atoms with Crippen LogP contribution in [0.25, 0.3) is 0 Å². The lowest BCUT2D eigenvalue weighted by Gasteiger charge is -2.23. The second-order valence-electron chi connectivity index (χ2n) is 3.55. The van der Waals surface area contributed by atoms with Gasteiger partial charge in [0, 0.05) is 30.9 Å². The Labute approximate surface area is 79.9 Å². The van der Waals surface area contributed by atoms with Crippen LogP contribution in [0, 0.1) is 0 Å². The Bertz CT molecular complexity index is 130. The maximum Gasteiger partial charge on any atom is 0.0180 e. The van der Waals surface area contributed by atoms with Gasteiger partial charge in [-0.15, -0.1) is 0 Å². The molecule has 2 nitrogen and oxygen atoms in total. The molecule has 0 radical (unpaired) electrons. The molecule has 0 aliphatic carbocycles. The van der Waals surface area contributed by atoms with E-state index in [-0.39, 0.29) is 0 Å². The van der Waals surface area contributed by atoms with Gasteiger partial charge in [-0.05, 0) is 19.1 Å². The van der Waals surface area contributed by atoms with Crippen LogP contribution in [0.1, 0.15) is 20.3 Å². The molecule has 0 aromatic rings. The van der Waals surface area contributed by atoms with E-state index in [0.29, 0.717) is 12.1 Å². The molecule has 2 N–H and O–H groups in total. The van der Waals surface area contributed by atoms with Gasteiger partial charge in [-0.1, -0.05) is 6.92 Å². The van der Waals surface area contributed by atoms with E-state index in [9.17, 15) is 0 Å². The molecule has 1 rings (SSSR count). The minimum atomic E-state index is 0.430. The van der Waals surface area contributed by atoms with Gasteiger partial charge in [0.2, 0.25) is 0 Å². The fraction of sp³-hybridized carbons (Fsp3) is 1.00. The van der Waals surface area contributed by atoms with Crippen LogP contribution in [-0.2, 0) is 0 Å². The molecule has 3 heteroatoms. The average molecular weight is 188 g/mol. The summed E-state index contributed by atoms with van der Waals surface area (Å²) < 4.78 is 0. The number of nitrogens with zero attached hydrogens (tertiary/aromatic N) is 1. The van der Waals surface area contributed by atoms with Crippen LogP contribution in [0.3, 0.4) is 0 Å². The monoisotopic (exact) mass is 188 g/mol. The van der Waals surface area contributed by atoms with Gasteiger partial charge in [-0.25, -0.2) is 0 Å². The van der Waals surface area contributed by atoms with Gasteiger partial charge in [0.05, 0.1) is 0 Å². The largest absolute Gasteiger partial charge is 0.326 e. The van der Waals surface area contributed by atoms with Gasteiger partial charge in [-0.3, -0.25) is 4.90 Å². The maximum absolute atomic E-state index is 5.84. The van der Waals surface area contributed by atoms with Crippen molar-refractivity contribution >= 4 is 11.8 Å². The fourth-order valence-corrected chi connectivity index (χ4v) is 2.40. The van der Waals surface area contributed by atoms with Gasteiger partial charge in [0.1, 0.15) is 0 Å². The highest BCUT2D eigenvalue weighted by atomic mass is 32.2. The summed E-state index contributed by atoms with van der Waals surface area (Å²) >= 11 is 2.02. The normalized spacial score (nSPS) is 27.8. The molecule has 0 saturated carbocycles. The first-order valence-electron chi connectivity index (χ1n) is 4.81. The summed E-state index contributed by atoms with van der Waals surface area (Å²) in [5.41, 5.74) is 5.84. The Kier molecular flexibility index (Phi) is 4.40. The van der Waals surface area contributed by atoms with Crippen molar-refractivity contribution < 1.29 is 0 Å². The molecule has 0 bridgehead atoms. The predicted molar refractivity (Wildman–Crippen MR) is 56.6 cm³/mol. The second kappa shape index (κ2) is 5.10. The summed E-state index contributed by atoms with van der Waals surface area (Å²) in [7, 11) is 0. The van der Waals surface area contributed by atoms with Crippen LogP contribution >= 0.6 is 11.8 Å². The summed E-state index contributed by atoms with van der Waals surface area (Å²) in [6.45, 7) is 6.83. The van der Waals surface area contributed by atoms with Crippen LogP contribution in [0.4, 0.5) is 0 Å². The number of nitrogens with two attached hydrogens (primary N) is 1. The quantitative estimate of drug-likeness (QED) is 0.718. The van der Waals surface area contributed by atoms with Crippen LogP contribution in [-0.4, -0.2) is 41.6 Å². The summed E-state index contributed by atoms with van der Waals surface area (Å²) in [5, 5.41) is 0. The van der Waals surface area contributed by atoms with E-state index in [1.54, 1.807) is 0 Å². The molecule has 72 valence electrons. The molecule has 1 fully saturated rings. The van der Waals surface area contributed by atoms with Crippen molar-refractivity contribution in [2.75, 3.05) is 24.6 Å². The van der Waals surface area contributed by atoms with E-state index in [4.69, 9.17) is 5.73 Å². The number of hydrogen-bond acceptors (Lipinski definition) is 3. The first-order valence-corrected chi connectivity index (χ1v) is 5.97. The van der Waals surface area contributed by atoms with Crippen LogP contribution in [0.5, 0.6) is 0 Å². The first kappa shape index (κ1) is 10.4. The summed E-state index contributed by atoms with van der Waals surface area (Å²) in [6.07, 6.45) is 1.18. The summed E-state index contributed by atoms with van der Waals surface area (Å²) in [4.78, 5) is 2.51. The van der Waals surface area contributed by atoms with Gasteiger partial charge in [0.15, 0.2) is 0 Å². The van der Waals surface area contributed by atoms with Crippen molar-refractivity contribution in [2.45, 2.75) is 32.4 Å². The molecule has 12 heavy (non-hydrogen) atoms. The Morgan fingerprint density at radius 3 is 2.92 bits per heavy atom. The van der Waals surface area contributed by atoms with Gasteiger partial charge >= 0.3 is 0 Å². The zero-order valence-corrected chi connectivity index (χ0v) is 8.94. The SMILES string of the molecule is CCSCC(C)N1CCC(N)C1. The lowest BCUT2D eigenvalue weighted by atomic mass is 10.3. The molecule has 0 spiro atoms. The third kappa shape index (κ3) is 2.96. The van der Waals surface area contributed by atoms with Crippen LogP contribution in [0.2, 0.25) is 0 Å². The summed E-state index contributed by atoms with van der Waals surface area (Å²) in [5.74, 6) is 2.48. The molecule has 1 aliphatic rings. The smallest absolute Gasteiger partial charge is 0.0180 e. The van der Waals surface area contributed by atoms with E-state index in [1.807, 2.05) is 11.8 Å². The minimum Gasteiger partial charge on any atom is -0.326 e. The topological polar surface area (TPSA) is 29.3 Å². The average Bonchev–Trinajstić information content (AvgIpc) is 2.47. The Balaban J connectivity index is 2.18. The van der Waals surface area contributed by atoms with E-state index in [1.165, 1.54) is 24.5 Å². The molecule has 1 aliphatic heterocycles. The highest BCUT2D eigenvalue weighted by Crippen LogP contribution is 2.14. The van der Waals surface area contributed by atoms with Crippen molar-refractivity contribution in [3.8, 4) is 0 Å². The molecular formula is C9H20N2S. The molecule has 0 aromatic heterocycles. The van der Waals surface area contributed by atoms with E-state index < -0.39 is 0 Å². The van der Waals surface area contributed by atoms with Crippen molar-refractivity contribution in [1.82, 2.24) is 4.90 Å². The predicted octanol–water partition coefficient (Wildman–Crippen LogP) is 1.16. The fourth-order valence-electron chi connectivity index (χ4n) is 1.61. The Morgan fingerprint density at radius 2 is 2.42 bits per heavy atom. The number of thioether (sulfide) groups is 1. The highest BCUT2D eigenvalue weighted by molar-refractivity contribution is 7.99. The highest BCUT2D eigenvalue weighted by Gasteiger charge is 2.22. The zero-order valence-electron chi connectivity index (χ0n) is 8.12. The van der Waals surface area contributed by atoms with E-state index in [2.05, 4.69) is 18.7 Å². The lowest BCUT2D eigenvalue weighted by Crippen LogP contribution is -2.35. The molecule has 2 atom stereocenters.